The van der Waals surface area contributed by atoms with E-state index in [1.165, 1.54) is 29.7 Å². The highest BCUT2D eigenvalue weighted by atomic mass is 35.5. The summed E-state index contributed by atoms with van der Waals surface area (Å²) in [6, 6.07) is 5.57. The number of anilines is 1. The second kappa shape index (κ2) is 9.84. The van der Waals surface area contributed by atoms with Crippen LogP contribution in [0.2, 0.25) is 5.15 Å². The van der Waals surface area contributed by atoms with Crippen LogP contribution in [0, 0.1) is 12.7 Å². The van der Waals surface area contributed by atoms with Gasteiger partial charge in [0.05, 0.1) is 24.6 Å². The molecule has 0 spiro atoms. The number of hydrogen-bond acceptors (Lipinski definition) is 9. The van der Waals surface area contributed by atoms with Gasteiger partial charge in [-0.05, 0) is 31.2 Å². The molecule has 192 valence electrons. The number of rotatable bonds is 5. The summed E-state index contributed by atoms with van der Waals surface area (Å²) in [5.41, 5.74) is 1.56. The van der Waals surface area contributed by atoms with Gasteiger partial charge in [0.15, 0.2) is 17.5 Å². The van der Waals surface area contributed by atoms with E-state index < -0.39 is 11.9 Å². The maximum Gasteiger partial charge on any atom is 0.261 e. The van der Waals surface area contributed by atoms with Crippen molar-refractivity contribution in [1.82, 2.24) is 29.5 Å². The minimum atomic E-state index is -0.796. The molecule has 0 N–H and O–H groups in total. The maximum atomic E-state index is 15.0. The van der Waals surface area contributed by atoms with Crippen LogP contribution in [-0.4, -0.2) is 74.8 Å². The Morgan fingerprint density at radius 1 is 1.24 bits per heavy atom. The van der Waals surface area contributed by atoms with Gasteiger partial charge >= 0.3 is 0 Å². The molecule has 4 aromatic rings. The molecule has 1 atom stereocenters. The highest BCUT2D eigenvalue weighted by Crippen LogP contribution is 2.37. The van der Waals surface area contributed by atoms with Crippen molar-refractivity contribution >= 4 is 39.6 Å². The van der Waals surface area contributed by atoms with E-state index in [2.05, 4.69) is 25.0 Å². The quantitative estimate of drug-likeness (QED) is 0.354. The normalized spacial score (nSPS) is 17.8. The van der Waals surface area contributed by atoms with E-state index in [1.807, 2.05) is 13.0 Å². The lowest BCUT2D eigenvalue weighted by molar-refractivity contribution is -0.135. The van der Waals surface area contributed by atoms with Gasteiger partial charge in [0.2, 0.25) is 4.96 Å². The van der Waals surface area contributed by atoms with Gasteiger partial charge in [-0.25, -0.2) is 18.9 Å². The molecular formula is C24H23ClFN7O3S. The number of imidazole rings is 1. The molecule has 1 fully saturated rings. The van der Waals surface area contributed by atoms with Gasteiger partial charge in [0, 0.05) is 32.3 Å². The summed E-state index contributed by atoms with van der Waals surface area (Å²) in [6.07, 6.45) is 2.02. The van der Waals surface area contributed by atoms with Gasteiger partial charge in [0.25, 0.3) is 5.91 Å². The largest absolute Gasteiger partial charge is 0.481 e. The first kappa shape index (κ1) is 24.0. The van der Waals surface area contributed by atoms with Crippen molar-refractivity contribution in [2.45, 2.75) is 19.4 Å². The van der Waals surface area contributed by atoms with Gasteiger partial charge < -0.3 is 19.3 Å². The molecule has 2 aliphatic rings. The fraction of sp³-hybridized carbons (Fsp3) is 0.375. The number of pyridine rings is 2. The van der Waals surface area contributed by atoms with Crippen LogP contribution in [0.25, 0.3) is 4.96 Å². The molecule has 0 saturated carbocycles. The summed E-state index contributed by atoms with van der Waals surface area (Å²) >= 11 is 7.83. The molecule has 0 radical (unpaired) electrons. The van der Waals surface area contributed by atoms with Crippen molar-refractivity contribution in [1.29, 1.82) is 0 Å². The number of hydrogen-bond donors (Lipinski definition) is 0. The lowest BCUT2D eigenvalue weighted by Crippen LogP contribution is -2.44. The molecular weight excluding hydrogens is 521 g/mol. The first-order valence-electron chi connectivity index (χ1n) is 11.9. The van der Waals surface area contributed by atoms with Crippen molar-refractivity contribution in [2.75, 3.05) is 44.4 Å². The average molecular weight is 544 g/mol. The number of aryl methyl sites for hydroxylation is 1. The Morgan fingerprint density at radius 3 is 2.86 bits per heavy atom. The van der Waals surface area contributed by atoms with Gasteiger partial charge in [0.1, 0.15) is 28.4 Å². The van der Waals surface area contributed by atoms with Gasteiger partial charge in [-0.15, -0.1) is 0 Å². The highest BCUT2D eigenvalue weighted by Gasteiger charge is 2.39. The lowest BCUT2D eigenvalue weighted by atomic mass is 9.98. The smallest absolute Gasteiger partial charge is 0.261 e. The van der Waals surface area contributed by atoms with E-state index in [0.29, 0.717) is 42.6 Å². The molecule has 2 aliphatic heterocycles. The molecule has 0 aromatic carbocycles. The summed E-state index contributed by atoms with van der Waals surface area (Å²) in [4.78, 5) is 31.2. The Bertz CT molecular complexity index is 1470. The fourth-order valence-electron chi connectivity index (χ4n) is 4.72. The van der Waals surface area contributed by atoms with E-state index in [0.717, 1.165) is 29.6 Å². The Balaban J connectivity index is 1.26. The average Bonchev–Trinajstić information content (AvgIpc) is 3.44. The summed E-state index contributed by atoms with van der Waals surface area (Å²) < 4.78 is 27.9. The number of fused-ring (bicyclic) bond motifs is 3. The molecule has 13 heteroatoms. The summed E-state index contributed by atoms with van der Waals surface area (Å²) in [5, 5.41) is 5.54. The van der Waals surface area contributed by atoms with Crippen LogP contribution in [0.5, 0.6) is 5.75 Å². The first-order valence-corrected chi connectivity index (χ1v) is 13.1. The number of carbonyl (C=O) groups excluding carboxylic acids is 1. The predicted molar refractivity (Wildman–Crippen MR) is 135 cm³/mol. The highest BCUT2D eigenvalue weighted by molar-refractivity contribution is 7.16. The molecule has 1 saturated heterocycles. The second-order valence-electron chi connectivity index (χ2n) is 8.72. The molecule has 1 unspecified atom stereocenters. The van der Waals surface area contributed by atoms with Gasteiger partial charge in [-0.2, -0.15) is 5.10 Å². The van der Waals surface area contributed by atoms with Crippen LogP contribution in [-0.2, 0) is 16.0 Å². The van der Waals surface area contributed by atoms with E-state index in [-0.39, 0.29) is 23.4 Å². The molecule has 6 rings (SSSR count). The predicted octanol–water partition coefficient (Wildman–Crippen LogP) is 3.07. The molecule has 1 amide bonds. The second-order valence-corrected chi connectivity index (χ2v) is 10.2. The minimum Gasteiger partial charge on any atom is -0.481 e. The standard InChI is InChI=1S/C24H23ClFN7O3S/c1-14-30-33-21-16(28-24(33)37-14)6-8-32(22(21)20-15(26)3-2-7-27-20)19(34)13-36-17-4-5-18(29-23(17)25)31-9-11-35-12-10-31/h2-5,7,22H,6,8-13H2,1H3. The third-order valence-electron chi connectivity index (χ3n) is 6.43. The number of ether oxygens (including phenoxy) is 2. The number of nitrogens with zero attached hydrogens (tertiary/aromatic N) is 7. The Labute approximate surface area is 220 Å². The van der Waals surface area contributed by atoms with Crippen LogP contribution in [0.3, 0.4) is 0 Å². The Morgan fingerprint density at radius 2 is 2.08 bits per heavy atom. The van der Waals surface area contributed by atoms with Crippen LogP contribution in [0.1, 0.15) is 28.1 Å². The molecule has 37 heavy (non-hydrogen) atoms. The summed E-state index contributed by atoms with van der Waals surface area (Å²) in [7, 11) is 0. The molecule has 4 aromatic heterocycles. The zero-order chi connectivity index (χ0) is 25.5. The maximum absolute atomic E-state index is 15.0. The summed E-state index contributed by atoms with van der Waals surface area (Å²) in [6.45, 7) is 4.63. The van der Waals surface area contributed by atoms with E-state index >= 15 is 0 Å². The number of morpholine rings is 1. The first-order chi connectivity index (χ1) is 18.0. The van der Waals surface area contributed by atoms with Crippen molar-refractivity contribution in [3.05, 3.63) is 63.5 Å². The zero-order valence-electron chi connectivity index (χ0n) is 19.9. The number of amides is 1. The van der Waals surface area contributed by atoms with Crippen molar-refractivity contribution in [2.24, 2.45) is 0 Å². The van der Waals surface area contributed by atoms with Gasteiger partial charge in [-0.3, -0.25) is 9.78 Å². The molecule has 6 heterocycles. The Hall–Kier alpha value is -3.35. The third kappa shape index (κ3) is 4.49. The molecule has 0 bridgehead atoms. The third-order valence-corrected chi connectivity index (χ3v) is 7.52. The van der Waals surface area contributed by atoms with E-state index in [1.54, 1.807) is 15.5 Å². The SMILES string of the molecule is Cc1nn2c3c(nc2s1)CCN(C(=O)COc1ccc(N2CCOCC2)nc1Cl)C3c1ncccc1F. The van der Waals surface area contributed by atoms with Crippen LogP contribution >= 0.6 is 22.9 Å². The monoisotopic (exact) mass is 543 g/mol. The number of halogens is 2. The minimum absolute atomic E-state index is 0.138. The van der Waals surface area contributed by atoms with E-state index in [4.69, 9.17) is 21.1 Å². The van der Waals surface area contributed by atoms with Crippen molar-refractivity contribution < 1.29 is 18.7 Å². The lowest BCUT2D eigenvalue weighted by Gasteiger charge is -2.34. The zero-order valence-corrected chi connectivity index (χ0v) is 21.5. The number of carbonyl (C=O) groups is 1. The van der Waals surface area contributed by atoms with Crippen LogP contribution in [0.15, 0.2) is 30.5 Å². The molecule has 0 aliphatic carbocycles. The molecule has 10 nitrogen and oxygen atoms in total. The fourth-order valence-corrected chi connectivity index (χ4v) is 5.69. The van der Waals surface area contributed by atoms with Crippen LogP contribution < -0.4 is 9.64 Å². The van der Waals surface area contributed by atoms with Crippen LogP contribution in [0.4, 0.5) is 10.2 Å². The van der Waals surface area contributed by atoms with Crippen molar-refractivity contribution in [3.8, 4) is 5.75 Å². The Kier molecular flexibility index (Phi) is 6.39. The van der Waals surface area contributed by atoms with Crippen molar-refractivity contribution in [3.63, 3.8) is 0 Å². The summed E-state index contributed by atoms with van der Waals surface area (Å²) in [5.74, 6) is 0.180. The topological polar surface area (TPSA) is 98.0 Å². The van der Waals surface area contributed by atoms with E-state index in [9.17, 15) is 9.18 Å². The van der Waals surface area contributed by atoms with Gasteiger partial charge in [-0.1, -0.05) is 22.9 Å². The number of aromatic nitrogens is 5.